The summed E-state index contributed by atoms with van der Waals surface area (Å²) in [5.74, 6) is 0.983. The van der Waals surface area contributed by atoms with E-state index >= 15 is 0 Å². The van der Waals surface area contributed by atoms with Crippen molar-refractivity contribution in [2.24, 2.45) is 0 Å². The molecule has 0 aromatic heterocycles. The summed E-state index contributed by atoms with van der Waals surface area (Å²) in [6.45, 7) is 15.0. The highest BCUT2D eigenvalue weighted by atomic mass is 16.3. The number of hydrogen-bond donors (Lipinski definition) is 2. The molecule has 2 aromatic carbocycles. The van der Waals surface area contributed by atoms with Crippen LogP contribution in [0.5, 0.6) is 11.5 Å². The maximum Gasteiger partial charge on any atom is 0.119 e. The third-order valence-electron chi connectivity index (χ3n) is 5.31. The Morgan fingerprint density at radius 3 is 1.48 bits per heavy atom. The van der Waals surface area contributed by atoms with Gasteiger partial charge in [0.25, 0.3) is 0 Å². The fourth-order valence-electron chi connectivity index (χ4n) is 3.68. The van der Waals surface area contributed by atoms with Gasteiger partial charge in [-0.2, -0.15) is 0 Å². The fraction of sp³-hybridized carbons (Fsp3) is 0.520. The average Bonchev–Trinajstić information content (AvgIpc) is 2.55. The molecule has 2 heteroatoms. The van der Waals surface area contributed by atoms with E-state index in [2.05, 4.69) is 72.7 Å². The van der Waals surface area contributed by atoms with Crippen LogP contribution in [0.1, 0.15) is 95.9 Å². The molecule has 0 aliphatic carbocycles. The molecule has 0 aliphatic rings. The molecule has 27 heavy (non-hydrogen) atoms. The molecule has 2 nitrogen and oxygen atoms in total. The van der Waals surface area contributed by atoms with Gasteiger partial charge in [-0.1, -0.05) is 85.6 Å². The topological polar surface area (TPSA) is 40.5 Å². The predicted octanol–water partition coefficient (Wildman–Crippen LogP) is 7.01. The summed E-state index contributed by atoms with van der Waals surface area (Å²) in [6, 6.07) is 12.1. The lowest BCUT2D eigenvalue weighted by Crippen LogP contribution is -2.14. The zero-order valence-corrected chi connectivity index (χ0v) is 18.1. The van der Waals surface area contributed by atoms with Gasteiger partial charge in [0.1, 0.15) is 11.5 Å². The molecule has 0 unspecified atom stereocenters. The normalized spacial score (nSPS) is 12.6. The molecule has 0 heterocycles. The molecule has 0 fully saturated rings. The Morgan fingerprint density at radius 1 is 0.741 bits per heavy atom. The minimum absolute atomic E-state index is 0.110. The first kappa shape index (κ1) is 21.3. The zero-order chi connectivity index (χ0) is 20.4. The van der Waals surface area contributed by atoms with Gasteiger partial charge >= 0.3 is 0 Å². The van der Waals surface area contributed by atoms with Gasteiger partial charge in [-0.15, -0.1) is 0 Å². The molecule has 0 spiro atoms. The maximum absolute atomic E-state index is 10.4. The van der Waals surface area contributed by atoms with Crippen molar-refractivity contribution in [2.75, 3.05) is 0 Å². The molecule has 2 rings (SSSR count). The first-order valence-corrected chi connectivity index (χ1v) is 10.1. The number of benzene rings is 2. The molecule has 148 valence electrons. The minimum Gasteiger partial charge on any atom is -0.508 e. The minimum atomic E-state index is -0.110. The molecule has 0 saturated heterocycles. The van der Waals surface area contributed by atoms with Crippen LogP contribution in [0.3, 0.4) is 0 Å². The molecule has 0 radical (unpaired) electrons. The number of phenols is 2. The van der Waals surface area contributed by atoms with Crippen LogP contribution in [0.25, 0.3) is 0 Å². The van der Waals surface area contributed by atoms with E-state index in [-0.39, 0.29) is 16.7 Å². The smallest absolute Gasteiger partial charge is 0.119 e. The van der Waals surface area contributed by atoms with Gasteiger partial charge in [-0.3, -0.25) is 0 Å². The van der Waals surface area contributed by atoms with Crippen molar-refractivity contribution in [3.63, 3.8) is 0 Å². The van der Waals surface area contributed by atoms with E-state index in [1.165, 1.54) is 11.1 Å². The Morgan fingerprint density at radius 2 is 1.15 bits per heavy atom. The molecular weight excluding hydrogens is 332 g/mol. The van der Waals surface area contributed by atoms with Crippen LogP contribution in [0.15, 0.2) is 36.4 Å². The van der Waals surface area contributed by atoms with Crippen LogP contribution in [0.2, 0.25) is 0 Å². The number of hydrogen-bond acceptors (Lipinski definition) is 2. The summed E-state index contributed by atoms with van der Waals surface area (Å²) in [5.41, 5.74) is 4.21. The van der Waals surface area contributed by atoms with Gasteiger partial charge in [0.2, 0.25) is 0 Å². The Bertz CT molecular complexity index is 712. The van der Waals surface area contributed by atoms with E-state index < -0.39 is 0 Å². The van der Waals surface area contributed by atoms with Gasteiger partial charge < -0.3 is 10.2 Å². The molecule has 2 aromatic rings. The van der Waals surface area contributed by atoms with Gasteiger partial charge in [-0.05, 0) is 51.6 Å². The SMILES string of the molecule is CCCCC(c1ccc(O)c(C(C)(C)C)c1)c1ccc(O)c(C(C)(C)C)c1. The van der Waals surface area contributed by atoms with E-state index in [4.69, 9.17) is 0 Å². The Balaban J connectivity index is 2.57. The van der Waals surface area contributed by atoms with Crippen molar-refractivity contribution in [1.82, 2.24) is 0 Å². The molecule has 0 bridgehead atoms. The second kappa shape index (κ2) is 7.96. The monoisotopic (exact) mass is 368 g/mol. The van der Waals surface area contributed by atoms with E-state index in [0.29, 0.717) is 11.5 Å². The molecule has 0 saturated carbocycles. The van der Waals surface area contributed by atoms with Gasteiger partial charge in [-0.25, -0.2) is 0 Å². The Labute approximate surface area is 165 Å². The first-order valence-electron chi connectivity index (χ1n) is 10.1. The third-order valence-corrected chi connectivity index (χ3v) is 5.31. The highest BCUT2D eigenvalue weighted by Crippen LogP contribution is 2.39. The van der Waals surface area contributed by atoms with Crippen LogP contribution in [0.4, 0.5) is 0 Å². The Hall–Kier alpha value is -1.96. The lowest BCUT2D eigenvalue weighted by atomic mass is 9.79. The van der Waals surface area contributed by atoms with Gasteiger partial charge in [0.15, 0.2) is 0 Å². The van der Waals surface area contributed by atoms with Crippen molar-refractivity contribution in [1.29, 1.82) is 0 Å². The van der Waals surface area contributed by atoms with Gasteiger partial charge in [0.05, 0.1) is 0 Å². The summed E-state index contributed by atoms with van der Waals surface area (Å²) in [4.78, 5) is 0. The number of phenolic OH excluding ortho intramolecular Hbond substituents is 2. The fourth-order valence-corrected chi connectivity index (χ4v) is 3.68. The quantitative estimate of drug-likeness (QED) is 0.595. The second-order valence-electron chi connectivity index (χ2n) is 9.75. The summed E-state index contributed by atoms with van der Waals surface area (Å²) < 4.78 is 0. The third kappa shape index (κ3) is 5.06. The van der Waals surface area contributed by atoms with E-state index in [1.807, 2.05) is 12.1 Å². The molecule has 0 aliphatic heterocycles. The van der Waals surface area contributed by atoms with Crippen LogP contribution in [-0.2, 0) is 10.8 Å². The second-order valence-corrected chi connectivity index (χ2v) is 9.75. The zero-order valence-electron chi connectivity index (χ0n) is 18.1. The highest BCUT2D eigenvalue weighted by Gasteiger charge is 2.24. The summed E-state index contributed by atoms with van der Waals surface area (Å²) in [6.07, 6.45) is 3.34. The predicted molar refractivity (Wildman–Crippen MR) is 115 cm³/mol. The lowest BCUT2D eigenvalue weighted by molar-refractivity contribution is 0.445. The summed E-state index contributed by atoms with van der Waals surface area (Å²) in [5, 5.41) is 20.7. The largest absolute Gasteiger partial charge is 0.508 e. The van der Waals surface area contributed by atoms with Crippen molar-refractivity contribution in [3.8, 4) is 11.5 Å². The van der Waals surface area contributed by atoms with Crippen molar-refractivity contribution in [2.45, 2.75) is 84.5 Å². The maximum atomic E-state index is 10.4. The Kier molecular flexibility index (Phi) is 6.29. The van der Waals surface area contributed by atoms with E-state index in [9.17, 15) is 10.2 Å². The van der Waals surface area contributed by atoms with Crippen molar-refractivity contribution < 1.29 is 10.2 Å². The van der Waals surface area contributed by atoms with Crippen molar-refractivity contribution in [3.05, 3.63) is 58.7 Å². The molecular formula is C25H36O2. The van der Waals surface area contributed by atoms with E-state index in [0.717, 1.165) is 30.4 Å². The molecule has 2 N–H and O–H groups in total. The van der Waals surface area contributed by atoms with Crippen molar-refractivity contribution >= 4 is 0 Å². The van der Waals surface area contributed by atoms with Crippen LogP contribution in [-0.4, -0.2) is 10.2 Å². The highest BCUT2D eigenvalue weighted by molar-refractivity contribution is 5.47. The number of rotatable bonds is 5. The average molecular weight is 369 g/mol. The number of aromatic hydroxyl groups is 2. The lowest BCUT2D eigenvalue weighted by Gasteiger charge is -2.26. The van der Waals surface area contributed by atoms with Crippen LogP contribution in [0, 0.1) is 0 Å². The van der Waals surface area contributed by atoms with E-state index in [1.54, 1.807) is 0 Å². The molecule has 0 atom stereocenters. The molecule has 0 amide bonds. The first-order chi connectivity index (χ1) is 12.4. The summed E-state index contributed by atoms with van der Waals surface area (Å²) >= 11 is 0. The van der Waals surface area contributed by atoms with Crippen LogP contribution >= 0.6 is 0 Å². The van der Waals surface area contributed by atoms with Crippen LogP contribution < -0.4 is 0 Å². The number of unbranched alkanes of at least 4 members (excludes halogenated alkanes) is 1. The van der Waals surface area contributed by atoms with Gasteiger partial charge in [0, 0.05) is 5.92 Å². The summed E-state index contributed by atoms with van der Waals surface area (Å²) in [7, 11) is 0. The standard InChI is InChI=1S/C25H36O2/c1-8-9-10-19(17-11-13-22(26)20(15-17)24(2,3)4)18-12-14-23(27)21(16-18)25(5,6)7/h11-16,19,26-27H,8-10H2,1-7H3.